The third kappa shape index (κ3) is 3.20. The molecule has 0 aliphatic rings. The maximum Gasteiger partial charge on any atom is 0.239 e. The van der Waals surface area contributed by atoms with Crippen LogP contribution < -0.4 is 16.8 Å². The Labute approximate surface area is 90.6 Å². The van der Waals surface area contributed by atoms with Crippen LogP contribution in [0.2, 0.25) is 0 Å². The largest absolute Gasteiger partial charge is 0.368 e. The molecular weight excluding hydrogens is 194 g/mol. The highest BCUT2D eigenvalue weighted by molar-refractivity contribution is 5.89. The molecule has 88 valence electrons. The van der Waals surface area contributed by atoms with E-state index in [0.29, 0.717) is 0 Å². The molecule has 5 N–H and O–H groups in total. The Kier molecular flexibility index (Phi) is 3.88. The number of carbonyl (C=O) groups is 2. The monoisotopic (exact) mass is 215 g/mol. The summed E-state index contributed by atoms with van der Waals surface area (Å²) in [6.07, 6.45) is 0. The van der Waals surface area contributed by atoms with E-state index in [1.165, 1.54) is 0 Å². The van der Waals surface area contributed by atoms with Gasteiger partial charge in [0.05, 0.1) is 5.41 Å². The van der Waals surface area contributed by atoms with Crippen molar-refractivity contribution in [3.05, 3.63) is 0 Å². The molecule has 0 spiro atoms. The van der Waals surface area contributed by atoms with E-state index in [2.05, 4.69) is 5.32 Å². The maximum absolute atomic E-state index is 11.8. The summed E-state index contributed by atoms with van der Waals surface area (Å²) in [6.45, 7) is 8.54. The Morgan fingerprint density at radius 1 is 1.20 bits per heavy atom. The summed E-state index contributed by atoms with van der Waals surface area (Å²) in [5.74, 6) is -0.838. The number of amides is 2. The molecule has 0 saturated carbocycles. The van der Waals surface area contributed by atoms with Crippen molar-refractivity contribution in [1.29, 1.82) is 0 Å². The molecule has 0 aromatic carbocycles. The van der Waals surface area contributed by atoms with Gasteiger partial charge < -0.3 is 16.8 Å². The van der Waals surface area contributed by atoms with Crippen LogP contribution in [-0.2, 0) is 9.59 Å². The van der Waals surface area contributed by atoms with Crippen molar-refractivity contribution in [2.24, 2.45) is 16.9 Å². The molecule has 0 radical (unpaired) electrons. The predicted octanol–water partition coefficient (Wildman–Crippen LogP) is -0.260. The molecule has 0 fully saturated rings. The van der Waals surface area contributed by atoms with Gasteiger partial charge in [-0.15, -0.1) is 0 Å². The number of primary amides is 1. The summed E-state index contributed by atoms with van der Waals surface area (Å²) in [5, 5.41) is 2.53. The normalized spacial score (nSPS) is 14.5. The molecular formula is C10H21N3O2. The fourth-order valence-corrected chi connectivity index (χ4v) is 0.741. The van der Waals surface area contributed by atoms with Gasteiger partial charge in [0.15, 0.2) is 0 Å². The second kappa shape index (κ2) is 4.18. The lowest BCUT2D eigenvalue weighted by Gasteiger charge is -2.37. The highest BCUT2D eigenvalue weighted by Gasteiger charge is 2.40. The maximum atomic E-state index is 11.8. The Hall–Kier alpha value is -1.10. The smallest absolute Gasteiger partial charge is 0.239 e. The first-order valence-electron chi connectivity index (χ1n) is 4.89. The molecule has 0 aliphatic heterocycles. The van der Waals surface area contributed by atoms with E-state index in [9.17, 15) is 9.59 Å². The zero-order valence-corrected chi connectivity index (χ0v) is 10.0. The summed E-state index contributed by atoms with van der Waals surface area (Å²) in [4.78, 5) is 22.6. The first-order chi connectivity index (χ1) is 6.50. The van der Waals surface area contributed by atoms with E-state index in [1.807, 2.05) is 0 Å². The van der Waals surface area contributed by atoms with Crippen LogP contribution in [0.15, 0.2) is 0 Å². The van der Waals surface area contributed by atoms with E-state index in [0.717, 1.165) is 0 Å². The molecule has 2 amide bonds. The summed E-state index contributed by atoms with van der Waals surface area (Å²) in [5.41, 5.74) is 9.50. The molecule has 0 aromatic heterocycles. The average molecular weight is 215 g/mol. The average Bonchev–Trinajstić information content (AvgIpc) is 2.01. The SMILES string of the molecule is CC(NC(=O)C(C)(C)C(C)(C)N)C(N)=O. The van der Waals surface area contributed by atoms with E-state index in [4.69, 9.17) is 11.5 Å². The first kappa shape index (κ1) is 13.9. The molecule has 0 aliphatic carbocycles. The highest BCUT2D eigenvalue weighted by Crippen LogP contribution is 2.28. The minimum Gasteiger partial charge on any atom is -0.368 e. The number of hydrogen-bond acceptors (Lipinski definition) is 3. The van der Waals surface area contributed by atoms with Crippen LogP contribution in [0.3, 0.4) is 0 Å². The lowest BCUT2D eigenvalue weighted by atomic mass is 9.74. The lowest BCUT2D eigenvalue weighted by Crippen LogP contribution is -2.58. The van der Waals surface area contributed by atoms with Crippen LogP contribution >= 0.6 is 0 Å². The number of nitrogens with two attached hydrogens (primary N) is 2. The molecule has 1 unspecified atom stereocenters. The molecule has 5 heteroatoms. The van der Waals surface area contributed by atoms with Gasteiger partial charge >= 0.3 is 0 Å². The van der Waals surface area contributed by atoms with Crippen LogP contribution in [0.1, 0.15) is 34.6 Å². The van der Waals surface area contributed by atoms with Gasteiger partial charge in [-0.1, -0.05) is 0 Å². The Bertz CT molecular complexity index is 266. The van der Waals surface area contributed by atoms with Crippen LogP contribution in [0.4, 0.5) is 0 Å². The van der Waals surface area contributed by atoms with Crippen molar-refractivity contribution in [2.75, 3.05) is 0 Å². The predicted molar refractivity (Wildman–Crippen MR) is 58.8 cm³/mol. The van der Waals surface area contributed by atoms with Crippen molar-refractivity contribution in [2.45, 2.75) is 46.2 Å². The number of nitrogens with one attached hydrogen (secondary N) is 1. The quantitative estimate of drug-likeness (QED) is 0.602. The van der Waals surface area contributed by atoms with Gasteiger partial charge in [-0.05, 0) is 34.6 Å². The summed E-state index contributed by atoms with van der Waals surface area (Å²) in [6, 6.07) is -0.681. The summed E-state index contributed by atoms with van der Waals surface area (Å²) in [7, 11) is 0. The molecule has 0 bridgehead atoms. The van der Waals surface area contributed by atoms with Gasteiger partial charge in [-0.25, -0.2) is 0 Å². The number of rotatable bonds is 4. The van der Waals surface area contributed by atoms with Crippen molar-refractivity contribution >= 4 is 11.8 Å². The molecule has 0 aromatic rings. The molecule has 0 rings (SSSR count). The zero-order chi connectivity index (χ0) is 12.4. The fourth-order valence-electron chi connectivity index (χ4n) is 0.741. The van der Waals surface area contributed by atoms with E-state index >= 15 is 0 Å². The molecule has 0 heterocycles. The standard InChI is InChI=1S/C10H21N3O2/c1-6(7(11)14)13-8(15)9(2,3)10(4,5)12/h6H,12H2,1-5H3,(H2,11,14)(H,13,15). The Morgan fingerprint density at radius 3 is 1.87 bits per heavy atom. The van der Waals surface area contributed by atoms with Crippen LogP contribution in [0.25, 0.3) is 0 Å². The molecule has 5 nitrogen and oxygen atoms in total. The number of carbonyl (C=O) groups excluding carboxylic acids is 2. The minimum absolute atomic E-state index is 0.277. The topological polar surface area (TPSA) is 98.2 Å². The van der Waals surface area contributed by atoms with Crippen LogP contribution in [0, 0.1) is 5.41 Å². The summed E-state index contributed by atoms with van der Waals surface area (Å²) < 4.78 is 0. The van der Waals surface area contributed by atoms with Crippen molar-refractivity contribution in [3.63, 3.8) is 0 Å². The van der Waals surface area contributed by atoms with Gasteiger partial charge in [0.2, 0.25) is 11.8 Å². The van der Waals surface area contributed by atoms with Gasteiger partial charge in [-0.3, -0.25) is 9.59 Å². The summed E-state index contributed by atoms with van der Waals surface area (Å²) >= 11 is 0. The van der Waals surface area contributed by atoms with Gasteiger partial charge in [0.25, 0.3) is 0 Å². The van der Waals surface area contributed by atoms with Crippen LogP contribution in [-0.4, -0.2) is 23.4 Å². The van der Waals surface area contributed by atoms with E-state index in [-0.39, 0.29) is 5.91 Å². The number of hydrogen-bond donors (Lipinski definition) is 3. The highest BCUT2D eigenvalue weighted by atomic mass is 16.2. The van der Waals surface area contributed by atoms with Crippen LogP contribution in [0.5, 0.6) is 0 Å². The van der Waals surface area contributed by atoms with Gasteiger partial charge in [0, 0.05) is 5.54 Å². The van der Waals surface area contributed by atoms with Crippen molar-refractivity contribution in [3.8, 4) is 0 Å². The fraction of sp³-hybridized carbons (Fsp3) is 0.800. The van der Waals surface area contributed by atoms with Crippen molar-refractivity contribution in [1.82, 2.24) is 5.32 Å². The van der Waals surface area contributed by atoms with Gasteiger partial charge in [0.1, 0.15) is 6.04 Å². The third-order valence-electron chi connectivity index (χ3n) is 2.95. The van der Waals surface area contributed by atoms with E-state index in [1.54, 1.807) is 34.6 Å². The van der Waals surface area contributed by atoms with E-state index < -0.39 is 22.9 Å². The molecule has 1 atom stereocenters. The second-order valence-corrected chi connectivity index (χ2v) is 4.94. The minimum atomic E-state index is -0.767. The Morgan fingerprint density at radius 2 is 1.60 bits per heavy atom. The lowest BCUT2D eigenvalue weighted by molar-refractivity contribution is -0.135. The van der Waals surface area contributed by atoms with Crippen molar-refractivity contribution < 1.29 is 9.59 Å². The van der Waals surface area contributed by atoms with Gasteiger partial charge in [-0.2, -0.15) is 0 Å². The first-order valence-corrected chi connectivity index (χ1v) is 4.89. The Balaban J connectivity index is 4.66. The molecule has 15 heavy (non-hydrogen) atoms. The second-order valence-electron chi connectivity index (χ2n) is 4.94. The zero-order valence-electron chi connectivity index (χ0n) is 10.0. The third-order valence-corrected chi connectivity index (χ3v) is 2.95. The molecule has 0 saturated heterocycles.